The molecule has 6 heteroatoms. The summed E-state index contributed by atoms with van der Waals surface area (Å²) >= 11 is 0. The van der Waals surface area contributed by atoms with Crippen LogP contribution in [0, 0.1) is 0 Å². The molecular formula is C11H11NO5. The fourth-order valence-electron chi connectivity index (χ4n) is 1.12. The van der Waals surface area contributed by atoms with E-state index in [1.807, 2.05) is 0 Å². The predicted molar refractivity (Wildman–Crippen MR) is 57.6 cm³/mol. The van der Waals surface area contributed by atoms with Crippen molar-refractivity contribution in [2.75, 3.05) is 6.79 Å². The number of rotatable bonds is 5. The van der Waals surface area contributed by atoms with E-state index in [4.69, 9.17) is 10.5 Å². The Labute approximate surface area is 97.3 Å². The molecule has 0 bridgehead atoms. The average Bonchev–Trinajstić information content (AvgIpc) is 2.28. The largest absolute Gasteiger partial charge is 0.457 e. The molecule has 17 heavy (non-hydrogen) atoms. The molecule has 0 radical (unpaired) electrons. The minimum Gasteiger partial charge on any atom is -0.457 e. The van der Waals surface area contributed by atoms with Gasteiger partial charge in [0.05, 0.1) is 5.56 Å². The van der Waals surface area contributed by atoms with Gasteiger partial charge in [-0.1, -0.05) is 0 Å². The highest BCUT2D eigenvalue weighted by molar-refractivity contribution is 5.97. The number of hydrogen-bond donors (Lipinski definition) is 1. The second-order valence-corrected chi connectivity index (χ2v) is 3.14. The number of nitrogens with two attached hydrogens (primary N) is 1. The number of esters is 1. The fraction of sp³-hybridized carbons (Fsp3) is 0.182. The highest BCUT2D eigenvalue weighted by atomic mass is 16.7. The molecule has 1 aromatic carbocycles. The summed E-state index contributed by atoms with van der Waals surface area (Å²) in [6.07, 6.45) is 0.586. The third kappa shape index (κ3) is 3.60. The highest BCUT2D eigenvalue weighted by Gasteiger charge is 2.10. The third-order valence-corrected chi connectivity index (χ3v) is 1.88. The zero-order valence-electron chi connectivity index (χ0n) is 9.14. The normalized spacial score (nSPS) is 9.47. The molecule has 0 atom stereocenters. The van der Waals surface area contributed by atoms with Crippen molar-refractivity contribution in [2.24, 2.45) is 5.73 Å². The van der Waals surface area contributed by atoms with Crippen molar-refractivity contribution in [3.8, 4) is 5.75 Å². The molecule has 0 saturated heterocycles. The number of ether oxygens (including phenoxy) is 2. The molecule has 2 N–H and O–H groups in total. The predicted octanol–water partition coefficient (Wildman–Crippen LogP) is 0.497. The monoisotopic (exact) mass is 237 g/mol. The maximum absolute atomic E-state index is 11.1. The van der Waals surface area contributed by atoms with E-state index in [1.165, 1.54) is 25.1 Å². The Bertz CT molecular complexity index is 455. The summed E-state index contributed by atoms with van der Waals surface area (Å²) in [6.45, 7) is 0.907. The lowest BCUT2D eigenvalue weighted by molar-refractivity contribution is -0.147. The third-order valence-electron chi connectivity index (χ3n) is 1.88. The van der Waals surface area contributed by atoms with Gasteiger partial charge in [0, 0.05) is 12.5 Å². The lowest BCUT2D eigenvalue weighted by Crippen LogP contribution is -2.15. The van der Waals surface area contributed by atoms with Gasteiger partial charge in [0.1, 0.15) is 12.0 Å². The van der Waals surface area contributed by atoms with Crippen LogP contribution in [0.5, 0.6) is 5.75 Å². The van der Waals surface area contributed by atoms with Gasteiger partial charge in [0.15, 0.2) is 0 Å². The quantitative estimate of drug-likeness (QED) is 0.457. The van der Waals surface area contributed by atoms with E-state index in [0.29, 0.717) is 11.8 Å². The molecule has 0 aliphatic rings. The van der Waals surface area contributed by atoms with Crippen LogP contribution in [-0.2, 0) is 9.53 Å². The Hall–Kier alpha value is -2.37. The van der Waals surface area contributed by atoms with Gasteiger partial charge in [-0.3, -0.25) is 14.4 Å². The van der Waals surface area contributed by atoms with Crippen LogP contribution in [0.25, 0.3) is 0 Å². The van der Waals surface area contributed by atoms with Crippen LogP contribution in [0.2, 0.25) is 0 Å². The van der Waals surface area contributed by atoms with Gasteiger partial charge in [-0.2, -0.15) is 0 Å². The Kier molecular flexibility index (Phi) is 4.21. The van der Waals surface area contributed by atoms with Crippen LogP contribution in [0.1, 0.15) is 27.6 Å². The molecule has 0 aliphatic carbocycles. The lowest BCUT2D eigenvalue weighted by atomic mass is 10.1. The van der Waals surface area contributed by atoms with E-state index in [-0.39, 0.29) is 18.1 Å². The molecule has 0 fully saturated rings. The first kappa shape index (κ1) is 12.7. The van der Waals surface area contributed by atoms with Crippen LogP contribution in [0.3, 0.4) is 0 Å². The molecule has 0 saturated carbocycles. The van der Waals surface area contributed by atoms with Crippen LogP contribution >= 0.6 is 0 Å². The number of benzene rings is 1. The zero-order valence-corrected chi connectivity index (χ0v) is 9.14. The van der Waals surface area contributed by atoms with Gasteiger partial charge in [-0.15, -0.1) is 0 Å². The molecule has 0 heterocycles. The molecule has 0 spiro atoms. The van der Waals surface area contributed by atoms with E-state index < -0.39 is 11.9 Å². The molecule has 6 nitrogen and oxygen atoms in total. The summed E-state index contributed by atoms with van der Waals surface area (Å²) in [6, 6.07) is 4.17. The lowest BCUT2D eigenvalue weighted by Gasteiger charge is -2.09. The van der Waals surface area contributed by atoms with Crippen LogP contribution in [-0.4, -0.2) is 25.0 Å². The van der Waals surface area contributed by atoms with Crippen LogP contribution < -0.4 is 10.5 Å². The first-order valence-corrected chi connectivity index (χ1v) is 4.69. The number of aldehydes is 1. The maximum atomic E-state index is 11.1. The standard InChI is InChI=1S/C11H11NO5/c1-7(14)16-6-17-10-3-2-8(5-13)4-9(10)11(12)15/h2-5H,6H2,1H3,(H2,12,15). The Morgan fingerprint density at radius 1 is 1.41 bits per heavy atom. The number of amides is 1. The summed E-state index contributed by atoms with van der Waals surface area (Å²) in [4.78, 5) is 32.2. The Morgan fingerprint density at radius 3 is 2.65 bits per heavy atom. The summed E-state index contributed by atoms with van der Waals surface area (Å²) in [5, 5.41) is 0. The SMILES string of the molecule is CC(=O)OCOc1ccc(C=O)cc1C(N)=O. The fourth-order valence-corrected chi connectivity index (χ4v) is 1.12. The minimum absolute atomic E-state index is 0.0572. The van der Waals surface area contributed by atoms with Crippen LogP contribution in [0.4, 0.5) is 0 Å². The topological polar surface area (TPSA) is 95.7 Å². The Balaban J connectivity index is 2.86. The molecule has 0 aromatic heterocycles. The van der Waals surface area contributed by atoms with E-state index in [1.54, 1.807) is 0 Å². The van der Waals surface area contributed by atoms with Crippen molar-refractivity contribution in [1.29, 1.82) is 0 Å². The molecule has 1 amide bonds. The summed E-state index contributed by atoms with van der Waals surface area (Å²) < 4.78 is 9.60. The van der Waals surface area contributed by atoms with E-state index in [0.717, 1.165) is 0 Å². The first-order chi connectivity index (χ1) is 8.04. The van der Waals surface area contributed by atoms with Gasteiger partial charge < -0.3 is 15.2 Å². The van der Waals surface area contributed by atoms with Crippen molar-refractivity contribution < 1.29 is 23.9 Å². The van der Waals surface area contributed by atoms with Gasteiger partial charge in [-0.25, -0.2) is 0 Å². The van der Waals surface area contributed by atoms with Crippen LogP contribution in [0.15, 0.2) is 18.2 Å². The Morgan fingerprint density at radius 2 is 2.12 bits per heavy atom. The van der Waals surface area contributed by atoms with Gasteiger partial charge in [0.25, 0.3) is 5.91 Å². The maximum Gasteiger partial charge on any atom is 0.305 e. The van der Waals surface area contributed by atoms with Gasteiger partial charge >= 0.3 is 5.97 Å². The number of carbonyl (C=O) groups is 3. The molecule has 1 rings (SSSR count). The molecule has 0 aliphatic heterocycles. The molecule has 90 valence electrons. The summed E-state index contributed by atoms with van der Waals surface area (Å²) in [5.74, 6) is -1.08. The number of hydrogen-bond acceptors (Lipinski definition) is 5. The minimum atomic E-state index is -0.730. The smallest absolute Gasteiger partial charge is 0.305 e. The molecular weight excluding hydrogens is 226 g/mol. The highest BCUT2D eigenvalue weighted by Crippen LogP contribution is 2.19. The van der Waals surface area contributed by atoms with E-state index >= 15 is 0 Å². The number of primary amides is 1. The average molecular weight is 237 g/mol. The van der Waals surface area contributed by atoms with Crippen molar-refractivity contribution >= 4 is 18.2 Å². The zero-order chi connectivity index (χ0) is 12.8. The molecule has 0 unspecified atom stereocenters. The first-order valence-electron chi connectivity index (χ1n) is 4.69. The van der Waals surface area contributed by atoms with Crippen molar-refractivity contribution in [3.05, 3.63) is 29.3 Å². The van der Waals surface area contributed by atoms with Crippen molar-refractivity contribution in [3.63, 3.8) is 0 Å². The second-order valence-electron chi connectivity index (χ2n) is 3.14. The van der Waals surface area contributed by atoms with Gasteiger partial charge in [-0.05, 0) is 18.2 Å². The molecule has 1 aromatic rings. The van der Waals surface area contributed by atoms with Gasteiger partial charge in [0.2, 0.25) is 6.79 Å². The summed E-state index contributed by atoms with van der Waals surface area (Å²) in [7, 11) is 0. The van der Waals surface area contributed by atoms with E-state index in [9.17, 15) is 14.4 Å². The number of carbonyl (C=O) groups excluding carboxylic acids is 3. The summed E-state index contributed by atoms with van der Waals surface area (Å²) in [5.41, 5.74) is 5.49. The van der Waals surface area contributed by atoms with Crippen molar-refractivity contribution in [2.45, 2.75) is 6.92 Å². The van der Waals surface area contributed by atoms with E-state index in [2.05, 4.69) is 4.74 Å². The van der Waals surface area contributed by atoms with Crippen molar-refractivity contribution in [1.82, 2.24) is 0 Å². The second kappa shape index (κ2) is 5.64.